The van der Waals surface area contributed by atoms with E-state index in [2.05, 4.69) is 48.8 Å². The number of likely N-dealkylation sites (N-methyl/N-ethyl adjacent to an activating group) is 1. The molecule has 3 aliphatic rings. The molecule has 3 fully saturated rings. The maximum atomic E-state index is 14.5. The molecule has 0 amide bonds. The molecule has 47 heavy (non-hydrogen) atoms. The Morgan fingerprint density at radius 3 is 2.68 bits per heavy atom. The highest BCUT2D eigenvalue weighted by Gasteiger charge is 2.53. The predicted molar refractivity (Wildman–Crippen MR) is 178 cm³/mol. The van der Waals surface area contributed by atoms with Crippen molar-refractivity contribution in [2.75, 3.05) is 47.1 Å². The van der Waals surface area contributed by atoms with Crippen molar-refractivity contribution in [2.45, 2.75) is 70.8 Å². The van der Waals surface area contributed by atoms with E-state index in [0.29, 0.717) is 46.8 Å². The van der Waals surface area contributed by atoms with E-state index in [0.717, 1.165) is 63.9 Å². The third kappa shape index (κ3) is 6.57. The normalized spacial score (nSPS) is 28.1. The van der Waals surface area contributed by atoms with Gasteiger partial charge in [-0.1, -0.05) is 26.0 Å². The molecule has 2 aromatic heterocycles. The van der Waals surface area contributed by atoms with Gasteiger partial charge in [0.15, 0.2) is 6.17 Å². The number of nitrogens with one attached hydrogen (secondary N) is 1. The highest BCUT2D eigenvalue weighted by Crippen LogP contribution is 2.49. The molecule has 1 N–H and O–H groups in total. The minimum atomic E-state index is -4.60. The SMILES string of the molecule is C=C[N+]1(CCC)NCN(C)C1[C@@H](c1cccc(-n2cc3c(C(F)(F)F)cc(CN4CCC[C@H](C)C4)cn3c2=O)c1)C1CC(COC)C1. The lowest BCUT2D eigenvalue weighted by atomic mass is 9.65. The molecule has 6 rings (SSSR count). The minimum Gasteiger partial charge on any atom is -0.384 e. The zero-order valence-electron chi connectivity index (χ0n) is 28.2. The molecular weight excluding hydrogens is 605 g/mol. The summed E-state index contributed by atoms with van der Waals surface area (Å²) in [7, 11) is 3.87. The fraction of sp³-hybridized carbons (Fsp3) is 0.583. The molecular formula is C36H50F3N6O2+. The predicted octanol–water partition coefficient (Wildman–Crippen LogP) is 6.20. The second-order valence-electron chi connectivity index (χ2n) is 14.3. The van der Waals surface area contributed by atoms with Crippen LogP contribution in [-0.2, 0) is 17.5 Å². The topological polar surface area (TPSA) is 54.2 Å². The van der Waals surface area contributed by atoms with Crippen LogP contribution in [0.1, 0.15) is 68.6 Å². The van der Waals surface area contributed by atoms with Gasteiger partial charge in [-0.15, -0.1) is 5.43 Å². The van der Waals surface area contributed by atoms with Crippen molar-refractivity contribution < 1.29 is 22.5 Å². The highest BCUT2D eigenvalue weighted by molar-refractivity contribution is 5.58. The molecule has 1 aliphatic carbocycles. The van der Waals surface area contributed by atoms with Gasteiger partial charge in [0.1, 0.15) is 19.4 Å². The van der Waals surface area contributed by atoms with Crippen LogP contribution in [0, 0.1) is 17.8 Å². The maximum Gasteiger partial charge on any atom is 0.418 e. The van der Waals surface area contributed by atoms with Gasteiger partial charge in [-0.05, 0) is 99.4 Å². The van der Waals surface area contributed by atoms with Crippen molar-refractivity contribution >= 4 is 5.52 Å². The lowest BCUT2D eigenvalue weighted by Crippen LogP contribution is -2.59. The summed E-state index contributed by atoms with van der Waals surface area (Å²) in [5.41, 5.74) is 4.41. The number of pyridine rings is 1. The van der Waals surface area contributed by atoms with Crippen LogP contribution in [-0.4, -0.2) is 76.6 Å². The van der Waals surface area contributed by atoms with Crippen LogP contribution in [0.2, 0.25) is 0 Å². The summed E-state index contributed by atoms with van der Waals surface area (Å²) in [6.07, 6.45) is 5.60. The van der Waals surface area contributed by atoms with Gasteiger partial charge >= 0.3 is 11.9 Å². The molecule has 1 saturated carbocycles. The number of ether oxygens (including phenoxy) is 1. The first-order chi connectivity index (χ1) is 22.5. The smallest absolute Gasteiger partial charge is 0.384 e. The summed E-state index contributed by atoms with van der Waals surface area (Å²) < 4.78 is 52.0. The van der Waals surface area contributed by atoms with Crippen LogP contribution in [0.15, 0.2) is 60.3 Å². The third-order valence-corrected chi connectivity index (χ3v) is 10.8. The van der Waals surface area contributed by atoms with Crippen LogP contribution in [0.4, 0.5) is 13.2 Å². The van der Waals surface area contributed by atoms with E-state index >= 15 is 0 Å². The molecule has 8 nitrogen and oxygen atoms in total. The molecule has 0 spiro atoms. The number of methoxy groups -OCH3 is 1. The van der Waals surface area contributed by atoms with Crippen molar-refractivity contribution in [1.82, 2.24) is 24.2 Å². The second-order valence-corrected chi connectivity index (χ2v) is 14.3. The quantitative estimate of drug-likeness (QED) is 0.250. The Hall–Kier alpha value is -2.96. The Bertz CT molecular complexity index is 1620. The number of aromatic nitrogens is 2. The highest BCUT2D eigenvalue weighted by atomic mass is 19.4. The number of quaternary nitrogens is 1. The summed E-state index contributed by atoms with van der Waals surface area (Å²) in [6, 6.07) is 9.08. The monoisotopic (exact) mass is 655 g/mol. The molecule has 2 unspecified atom stereocenters. The van der Waals surface area contributed by atoms with Crippen molar-refractivity contribution in [3.05, 3.63) is 82.7 Å². The van der Waals surface area contributed by atoms with E-state index in [4.69, 9.17) is 4.74 Å². The van der Waals surface area contributed by atoms with Gasteiger partial charge in [0, 0.05) is 39.2 Å². The zero-order valence-corrected chi connectivity index (χ0v) is 28.2. The van der Waals surface area contributed by atoms with Crippen LogP contribution < -0.4 is 11.1 Å². The molecule has 0 bridgehead atoms. The van der Waals surface area contributed by atoms with Crippen molar-refractivity contribution in [1.29, 1.82) is 0 Å². The van der Waals surface area contributed by atoms with Crippen LogP contribution in [0.25, 0.3) is 11.2 Å². The van der Waals surface area contributed by atoms with E-state index in [1.165, 1.54) is 21.2 Å². The van der Waals surface area contributed by atoms with Gasteiger partial charge in [0.05, 0.1) is 22.7 Å². The number of likely N-dealkylation sites (tertiary alicyclic amines) is 1. The van der Waals surface area contributed by atoms with E-state index < -0.39 is 17.4 Å². The van der Waals surface area contributed by atoms with Crippen LogP contribution in [0.5, 0.6) is 0 Å². The molecule has 11 heteroatoms. The molecule has 4 atom stereocenters. The number of piperidine rings is 1. The summed E-state index contributed by atoms with van der Waals surface area (Å²) in [4.78, 5) is 18.5. The standard InChI is InChI=1S/C36H50F3N6O2/c1-6-14-45(7-2)34(41(4)24-40-45)33(29-15-26(16-29)23-47-5)28-11-8-12-30(18-28)43-22-32-31(36(37,38)39)17-27(21-44(32)35(43)46)20-42-13-9-10-25(3)19-42/h7-8,11-12,17-18,21-22,25-26,29,33-34,40H,2,6,9-10,13-16,19-20,23-24H2,1,3-5H3/q+1/t25-,26?,29?,33-,34?,45?/m0/s1. The first kappa shape index (κ1) is 33.9. The van der Waals surface area contributed by atoms with Gasteiger partial charge in [0.2, 0.25) is 0 Å². The maximum absolute atomic E-state index is 14.5. The van der Waals surface area contributed by atoms with E-state index in [-0.39, 0.29) is 17.6 Å². The average molecular weight is 656 g/mol. The average Bonchev–Trinajstić information content (AvgIpc) is 3.52. The number of hydrogen-bond acceptors (Lipinski definition) is 5. The number of imidazole rings is 1. The van der Waals surface area contributed by atoms with Crippen LogP contribution in [0.3, 0.4) is 0 Å². The number of hydrogen-bond donors (Lipinski definition) is 1. The fourth-order valence-corrected chi connectivity index (χ4v) is 8.64. The molecule has 2 saturated heterocycles. The first-order valence-corrected chi connectivity index (χ1v) is 17.1. The van der Waals surface area contributed by atoms with E-state index in [1.54, 1.807) is 13.3 Å². The number of alkyl halides is 3. The van der Waals surface area contributed by atoms with Gasteiger partial charge in [-0.25, -0.2) is 14.3 Å². The Morgan fingerprint density at radius 2 is 2.00 bits per heavy atom. The molecule has 0 radical (unpaired) electrons. The zero-order chi connectivity index (χ0) is 33.5. The van der Waals surface area contributed by atoms with Crippen molar-refractivity contribution in [3.63, 3.8) is 0 Å². The lowest BCUT2D eigenvalue weighted by molar-refractivity contribution is -0.940. The Balaban J connectivity index is 1.41. The molecule has 2 aliphatic heterocycles. The number of rotatable bonds is 11. The van der Waals surface area contributed by atoms with E-state index in [1.807, 2.05) is 24.4 Å². The van der Waals surface area contributed by atoms with Gasteiger partial charge in [-0.2, -0.15) is 13.2 Å². The Labute approximate surface area is 276 Å². The molecule has 1 aromatic carbocycles. The van der Waals surface area contributed by atoms with E-state index in [9.17, 15) is 18.0 Å². The Kier molecular flexibility index (Phi) is 9.75. The van der Waals surface area contributed by atoms with Gasteiger partial charge in [0.25, 0.3) is 0 Å². The largest absolute Gasteiger partial charge is 0.418 e. The lowest BCUT2D eigenvalue weighted by Gasteiger charge is -2.47. The number of nitrogens with zero attached hydrogens (tertiary/aromatic N) is 5. The van der Waals surface area contributed by atoms with Crippen molar-refractivity contribution in [2.24, 2.45) is 17.8 Å². The number of halogens is 3. The summed E-state index contributed by atoms with van der Waals surface area (Å²) in [6.45, 7) is 13.0. The van der Waals surface area contributed by atoms with Gasteiger partial charge in [-0.3, -0.25) is 13.9 Å². The molecule has 3 aromatic rings. The van der Waals surface area contributed by atoms with Crippen LogP contribution >= 0.6 is 0 Å². The number of fused-ring (bicyclic) bond motifs is 1. The fourth-order valence-electron chi connectivity index (χ4n) is 8.64. The van der Waals surface area contributed by atoms with Crippen molar-refractivity contribution in [3.8, 4) is 5.69 Å². The second kappa shape index (κ2) is 13.5. The summed E-state index contributed by atoms with van der Waals surface area (Å²) >= 11 is 0. The minimum absolute atomic E-state index is 0.0675. The van der Waals surface area contributed by atoms with Gasteiger partial charge < -0.3 is 4.74 Å². The summed E-state index contributed by atoms with van der Waals surface area (Å²) in [5.74, 6) is 1.48. The Morgan fingerprint density at radius 1 is 1.21 bits per heavy atom. The third-order valence-electron chi connectivity index (χ3n) is 10.8. The molecule has 4 heterocycles. The first-order valence-electron chi connectivity index (χ1n) is 17.1. The molecule has 256 valence electrons. The summed E-state index contributed by atoms with van der Waals surface area (Å²) in [5, 5.41) is 0. The number of benzene rings is 1.